The van der Waals surface area contributed by atoms with Crippen molar-refractivity contribution in [2.75, 3.05) is 18.0 Å². The molecule has 3 aromatic rings. The van der Waals surface area contributed by atoms with Gasteiger partial charge in [0, 0.05) is 30.5 Å². The molecule has 1 saturated heterocycles. The second-order valence-electron chi connectivity index (χ2n) is 7.14. The standard InChI is InChI=1S/C19H25N5O/c1-6-15-8-16(23-9-13(4)25-14(5)10-23)24-19(21-15)17-11(2)7-12(3)20-18(17)22-24/h7-8,13-14H,6,9-10H2,1-5H3/t13-,14-/m1/s1. The van der Waals surface area contributed by atoms with Crippen LogP contribution in [0.4, 0.5) is 5.82 Å². The smallest absolute Gasteiger partial charge is 0.184 e. The van der Waals surface area contributed by atoms with Crippen molar-refractivity contribution in [3.63, 3.8) is 0 Å². The Kier molecular flexibility index (Phi) is 3.87. The molecule has 2 atom stereocenters. The Labute approximate surface area is 147 Å². The van der Waals surface area contributed by atoms with Gasteiger partial charge in [-0.3, -0.25) is 0 Å². The fraction of sp³-hybridized carbons (Fsp3) is 0.526. The molecular weight excluding hydrogens is 314 g/mol. The maximum absolute atomic E-state index is 5.90. The van der Waals surface area contributed by atoms with E-state index in [0.29, 0.717) is 0 Å². The molecule has 1 aliphatic heterocycles. The zero-order chi connectivity index (χ0) is 17.7. The number of nitrogens with zero attached hydrogens (tertiary/aromatic N) is 5. The van der Waals surface area contributed by atoms with Crippen LogP contribution in [0.1, 0.15) is 37.7 Å². The van der Waals surface area contributed by atoms with Gasteiger partial charge in [-0.1, -0.05) is 6.92 Å². The molecule has 0 spiro atoms. The van der Waals surface area contributed by atoms with Crippen LogP contribution in [0.3, 0.4) is 0 Å². The van der Waals surface area contributed by atoms with Crippen LogP contribution >= 0.6 is 0 Å². The van der Waals surface area contributed by atoms with Crippen LogP contribution in [0, 0.1) is 13.8 Å². The van der Waals surface area contributed by atoms with Gasteiger partial charge in [0.2, 0.25) is 0 Å². The molecule has 0 aromatic carbocycles. The van der Waals surface area contributed by atoms with Gasteiger partial charge >= 0.3 is 0 Å². The Morgan fingerprint density at radius 1 is 1.12 bits per heavy atom. The molecule has 25 heavy (non-hydrogen) atoms. The summed E-state index contributed by atoms with van der Waals surface area (Å²) >= 11 is 0. The van der Waals surface area contributed by atoms with E-state index in [0.717, 1.165) is 53.4 Å². The van der Waals surface area contributed by atoms with Crippen LogP contribution in [0.15, 0.2) is 12.1 Å². The van der Waals surface area contributed by atoms with Crippen LogP contribution < -0.4 is 4.90 Å². The van der Waals surface area contributed by atoms with E-state index in [-0.39, 0.29) is 12.2 Å². The summed E-state index contributed by atoms with van der Waals surface area (Å²) in [5.41, 5.74) is 4.92. The van der Waals surface area contributed by atoms with Crippen LogP contribution in [0.5, 0.6) is 0 Å². The third kappa shape index (κ3) is 2.74. The first kappa shape index (κ1) is 16.3. The monoisotopic (exact) mass is 339 g/mol. The SMILES string of the molecule is CCc1cc(N2C[C@@H](C)O[C@H](C)C2)n2nc3nc(C)cc(C)c3c2n1. The molecule has 0 N–H and O–H groups in total. The zero-order valence-electron chi connectivity index (χ0n) is 15.6. The minimum Gasteiger partial charge on any atom is -0.372 e. The van der Waals surface area contributed by atoms with Crippen molar-refractivity contribution in [2.45, 2.75) is 53.2 Å². The van der Waals surface area contributed by atoms with E-state index in [2.05, 4.69) is 49.7 Å². The number of pyridine rings is 1. The van der Waals surface area contributed by atoms with Gasteiger partial charge in [-0.05, 0) is 45.7 Å². The first-order chi connectivity index (χ1) is 12.0. The number of morpholine rings is 1. The molecule has 0 bridgehead atoms. The lowest BCUT2D eigenvalue weighted by atomic mass is 10.2. The molecule has 6 nitrogen and oxygen atoms in total. The maximum Gasteiger partial charge on any atom is 0.184 e. The van der Waals surface area contributed by atoms with Gasteiger partial charge in [0.25, 0.3) is 0 Å². The highest BCUT2D eigenvalue weighted by atomic mass is 16.5. The summed E-state index contributed by atoms with van der Waals surface area (Å²) in [6.07, 6.45) is 1.29. The van der Waals surface area contributed by atoms with Crippen molar-refractivity contribution in [3.05, 3.63) is 29.1 Å². The first-order valence-electron chi connectivity index (χ1n) is 9.03. The Bertz CT molecular complexity index is 938. The molecular formula is C19H25N5O. The second kappa shape index (κ2) is 5.95. The molecule has 1 aliphatic rings. The summed E-state index contributed by atoms with van der Waals surface area (Å²) in [5, 5.41) is 5.85. The van der Waals surface area contributed by atoms with E-state index in [1.165, 1.54) is 5.56 Å². The van der Waals surface area contributed by atoms with Gasteiger partial charge in [-0.2, -0.15) is 4.52 Å². The van der Waals surface area contributed by atoms with Crippen molar-refractivity contribution >= 4 is 22.5 Å². The fourth-order valence-electron chi connectivity index (χ4n) is 3.83. The minimum atomic E-state index is 0.198. The second-order valence-corrected chi connectivity index (χ2v) is 7.14. The van der Waals surface area contributed by atoms with Gasteiger partial charge in [0.15, 0.2) is 11.3 Å². The molecule has 0 saturated carbocycles. The average Bonchev–Trinajstić information content (AvgIpc) is 2.90. The predicted octanol–water partition coefficient (Wildman–Crippen LogP) is 3.07. The number of hydrogen-bond donors (Lipinski definition) is 0. The highest BCUT2D eigenvalue weighted by Crippen LogP contribution is 2.28. The Morgan fingerprint density at radius 3 is 2.52 bits per heavy atom. The Balaban J connectivity index is 1.98. The molecule has 4 heterocycles. The van der Waals surface area contributed by atoms with Gasteiger partial charge in [-0.15, -0.1) is 5.10 Å². The van der Waals surface area contributed by atoms with Gasteiger partial charge in [0.1, 0.15) is 5.82 Å². The van der Waals surface area contributed by atoms with Crippen LogP contribution in [0.2, 0.25) is 0 Å². The summed E-state index contributed by atoms with van der Waals surface area (Å²) in [7, 11) is 0. The number of hydrogen-bond acceptors (Lipinski definition) is 5. The van der Waals surface area contributed by atoms with Crippen molar-refractivity contribution in [1.29, 1.82) is 0 Å². The highest BCUT2D eigenvalue weighted by molar-refractivity contribution is 5.93. The summed E-state index contributed by atoms with van der Waals surface area (Å²) in [4.78, 5) is 11.9. The molecule has 0 unspecified atom stereocenters. The topological polar surface area (TPSA) is 55.6 Å². The predicted molar refractivity (Wildman–Crippen MR) is 99.4 cm³/mol. The molecule has 6 heteroatoms. The Hall–Kier alpha value is -2.21. The molecule has 132 valence electrons. The van der Waals surface area contributed by atoms with Gasteiger partial charge < -0.3 is 9.64 Å². The van der Waals surface area contributed by atoms with E-state index in [1.807, 2.05) is 11.4 Å². The molecule has 3 aromatic heterocycles. The average molecular weight is 339 g/mol. The minimum absolute atomic E-state index is 0.198. The molecule has 0 radical (unpaired) electrons. The molecule has 0 aliphatic carbocycles. The lowest BCUT2D eigenvalue weighted by Crippen LogP contribution is -2.46. The van der Waals surface area contributed by atoms with Crippen LogP contribution in [-0.4, -0.2) is 44.9 Å². The number of fused-ring (bicyclic) bond motifs is 3. The Morgan fingerprint density at radius 2 is 1.84 bits per heavy atom. The zero-order valence-corrected chi connectivity index (χ0v) is 15.6. The van der Waals surface area contributed by atoms with Gasteiger partial charge in [-0.25, -0.2) is 9.97 Å². The summed E-state index contributed by atoms with van der Waals surface area (Å²) in [5.74, 6) is 1.08. The third-order valence-electron chi connectivity index (χ3n) is 4.81. The fourth-order valence-corrected chi connectivity index (χ4v) is 3.83. The maximum atomic E-state index is 5.90. The molecule has 4 rings (SSSR count). The van der Waals surface area contributed by atoms with Crippen molar-refractivity contribution in [1.82, 2.24) is 19.6 Å². The highest BCUT2D eigenvalue weighted by Gasteiger charge is 2.26. The summed E-state index contributed by atoms with van der Waals surface area (Å²) in [6, 6.07) is 4.26. The van der Waals surface area contributed by atoms with E-state index >= 15 is 0 Å². The number of aryl methyl sites for hydroxylation is 3. The van der Waals surface area contributed by atoms with Crippen LogP contribution in [-0.2, 0) is 11.2 Å². The molecule has 1 fully saturated rings. The number of anilines is 1. The van der Waals surface area contributed by atoms with Crippen LogP contribution in [0.25, 0.3) is 16.7 Å². The summed E-state index contributed by atoms with van der Waals surface area (Å²) < 4.78 is 7.87. The lowest BCUT2D eigenvalue weighted by molar-refractivity contribution is -0.00557. The van der Waals surface area contributed by atoms with E-state index in [9.17, 15) is 0 Å². The van der Waals surface area contributed by atoms with E-state index in [1.54, 1.807) is 0 Å². The number of rotatable bonds is 2. The molecule has 0 amide bonds. The normalized spacial score (nSPS) is 21.4. The number of aromatic nitrogens is 4. The van der Waals surface area contributed by atoms with E-state index in [4.69, 9.17) is 14.8 Å². The number of ether oxygens (including phenoxy) is 1. The van der Waals surface area contributed by atoms with Crippen molar-refractivity contribution in [2.24, 2.45) is 0 Å². The van der Waals surface area contributed by atoms with Crippen molar-refractivity contribution in [3.8, 4) is 0 Å². The quantitative estimate of drug-likeness (QED) is 0.718. The van der Waals surface area contributed by atoms with E-state index < -0.39 is 0 Å². The summed E-state index contributed by atoms with van der Waals surface area (Å²) in [6.45, 7) is 12.2. The van der Waals surface area contributed by atoms with Gasteiger partial charge in [0.05, 0.1) is 17.6 Å². The first-order valence-corrected chi connectivity index (χ1v) is 9.03. The largest absolute Gasteiger partial charge is 0.372 e. The lowest BCUT2D eigenvalue weighted by Gasteiger charge is -2.36. The van der Waals surface area contributed by atoms with Crippen molar-refractivity contribution < 1.29 is 4.74 Å². The third-order valence-corrected chi connectivity index (χ3v) is 4.81.